The lowest BCUT2D eigenvalue weighted by Gasteiger charge is -2.11. The minimum absolute atomic E-state index is 0.150. The largest absolute Gasteiger partial charge is 0.466 e. The van der Waals surface area contributed by atoms with Gasteiger partial charge in [0.1, 0.15) is 6.42 Å². The molecular formula is C11H19NO5. The number of nitrogens with one attached hydrogen (secondary N) is 1. The Morgan fingerprint density at radius 1 is 1.12 bits per heavy atom. The standard InChI is InChI=1S/C11H19NO5/c1-4-16-10(14)6-9(13)12-7-8(3)11(15)17-5-2/h8H,4-7H2,1-3H3,(H,12,13)/t8-/m1/s1. The van der Waals surface area contributed by atoms with Gasteiger partial charge in [0.05, 0.1) is 19.1 Å². The van der Waals surface area contributed by atoms with E-state index in [-0.39, 0.29) is 25.5 Å². The molecule has 17 heavy (non-hydrogen) atoms. The van der Waals surface area contributed by atoms with Crippen molar-refractivity contribution in [3.8, 4) is 0 Å². The van der Waals surface area contributed by atoms with Crippen LogP contribution in [0.25, 0.3) is 0 Å². The van der Waals surface area contributed by atoms with Gasteiger partial charge < -0.3 is 14.8 Å². The highest BCUT2D eigenvalue weighted by atomic mass is 16.5. The maximum atomic E-state index is 11.2. The quantitative estimate of drug-likeness (QED) is 0.514. The first kappa shape index (κ1) is 15.4. The van der Waals surface area contributed by atoms with E-state index >= 15 is 0 Å². The lowest BCUT2D eigenvalue weighted by molar-refractivity contribution is -0.147. The van der Waals surface area contributed by atoms with Gasteiger partial charge in [0.25, 0.3) is 0 Å². The van der Waals surface area contributed by atoms with Crippen LogP contribution in [0, 0.1) is 5.92 Å². The number of esters is 2. The maximum absolute atomic E-state index is 11.2. The molecule has 1 atom stereocenters. The minimum Gasteiger partial charge on any atom is -0.466 e. The number of carbonyl (C=O) groups is 3. The summed E-state index contributed by atoms with van der Waals surface area (Å²) in [7, 11) is 0. The van der Waals surface area contributed by atoms with Gasteiger partial charge in [-0.2, -0.15) is 0 Å². The molecule has 0 radical (unpaired) electrons. The highest BCUT2D eigenvalue weighted by Crippen LogP contribution is 1.97. The fourth-order valence-electron chi connectivity index (χ4n) is 1.04. The van der Waals surface area contributed by atoms with Crippen LogP contribution in [0.2, 0.25) is 0 Å². The van der Waals surface area contributed by atoms with Crippen molar-refractivity contribution in [2.45, 2.75) is 27.2 Å². The lowest BCUT2D eigenvalue weighted by atomic mass is 10.2. The molecule has 0 aromatic rings. The predicted octanol–water partition coefficient (Wildman–Crippen LogP) is 0.255. The van der Waals surface area contributed by atoms with Crippen LogP contribution in [0.5, 0.6) is 0 Å². The van der Waals surface area contributed by atoms with Gasteiger partial charge in [-0.15, -0.1) is 0 Å². The SMILES string of the molecule is CCOC(=O)CC(=O)NC[C@@H](C)C(=O)OCC. The van der Waals surface area contributed by atoms with E-state index in [2.05, 4.69) is 10.1 Å². The molecule has 98 valence electrons. The van der Waals surface area contributed by atoms with Gasteiger partial charge in [0.15, 0.2) is 0 Å². The Balaban J connectivity index is 3.83. The zero-order valence-electron chi connectivity index (χ0n) is 10.4. The van der Waals surface area contributed by atoms with E-state index in [0.29, 0.717) is 6.61 Å². The van der Waals surface area contributed by atoms with Crippen LogP contribution >= 0.6 is 0 Å². The second-order valence-corrected chi connectivity index (χ2v) is 3.44. The second-order valence-electron chi connectivity index (χ2n) is 3.44. The monoisotopic (exact) mass is 245 g/mol. The molecule has 1 N–H and O–H groups in total. The van der Waals surface area contributed by atoms with E-state index in [1.807, 2.05) is 0 Å². The van der Waals surface area contributed by atoms with Gasteiger partial charge >= 0.3 is 11.9 Å². The second kappa shape index (κ2) is 8.55. The van der Waals surface area contributed by atoms with Crippen molar-refractivity contribution in [3.63, 3.8) is 0 Å². The van der Waals surface area contributed by atoms with Crippen molar-refractivity contribution in [2.24, 2.45) is 5.92 Å². The molecule has 0 spiro atoms. The third kappa shape index (κ3) is 7.32. The zero-order chi connectivity index (χ0) is 13.3. The van der Waals surface area contributed by atoms with E-state index in [4.69, 9.17) is 4.74 Å². The molecule has 0 aliphatic heterocycles. The van der Waals surface area contributed by atoms with Gasteiger partial charge in [-0.1, -0.05) is 6.92 Å². The number of hydrogen-bond acceptors (Lipinski definition) is 5. The first-order chi connectivity index (χ1) is 8.01. The molecule has 0 aromatic carbocycles. The molecule has 0 aliphatic rings. The normalized spacial score (nSPS) is 11.5. The fraction of sp³-hybridized carbons (Fsp3) is 0.727. The van der Waals surface area contributed by atoms with Crippen molar-refractivity contribution in [1.82, 2.24) is 5.32 Å². The van der Waals surface area contributed by atoms with E-state index in [0.717, 1.165) is 0 Å². The molecule has 0 saturated carbocycles. The molecule has 6 nitrogen and oxygen atoms in total. The van der Waals surface area contributed by atoms with Crippen LogP contribution in [0.1, 0.15) is 27.2 Å². The first-order valence-corrected chi connectivity index (χ1v) is 5.60. The highest BCUT2D eigenvalue weighted by molar-refractivity contribution is 5.94. The van der Waals surface area contributed by atoms with Crippen LogP contribution < -0.4 is 5.32 Å². The van der Waals surface area contributed by atoms with Gasteiger partial charge in [-0.3, -0.25) is 14.4 Å². The lowest BCUT2D eigenvalue weighted by Crippen LogP contribution is -2.33. The van der Waals surface area contributed by atoms with Crippen LogP contribution in [-0.2, 0) is 23.9 Å². The van der Waals surface area contributed by atoms with Gasteiger partial charge in [0.2, 0.25) is 5.91 Å². The molecule has 0 bridgehead atoms. The van der Waals surface area contributed by atoms with Crippen molar-refractivity contribution in [3.05, 3.63) is 0 Å². The molecule has 0 aromatic heterocycles. The van der Waals surface area contributed by atoms with Crippen molar-refractivity contribution in [1.29, 1.82) is 0 Å². The molecule has 6 heteroatoms. The Morgan fingerprint density at radius 2 is 1.71 bits per heavy atom. The zero-order valence-corrected chi connectivity index (χ0v) is 10.4. The summed E-state index contributed by atoms with van der Waals surface area (Å²) in [5, 5.41) is 2.47. The van der Waals surface area contributed by atoms with Gasteiger partial charge in [0, 0.05) is 6.54 Å². The van der Waals surface area contributed by atoms with Crippen molar-refractivity contribution in [2.75, 3.05) is 19.8 Å². The Morgan fingerprint density at radius 3 is 2.24 bits per heavy atom. The highest BCUT2D eigenvalue weighted by Gasteiger charge is 2.16. The Labute approximate surface area is 101 Å². The Kier molecular flexibility index (Phi) is 7.75. The number of hydrogen-bond donors (Lipinski definition) is 1. The van der Waals surface area contributed by atoms with E-state index in [9.17, 15) is 14.4 Å². The molecular weight excluding hydrogens is 226 g/mol. The summed E-state index contributed by atoms with van der Waals surface area (Å²) in [4.78, 5) is 33.4. The smallest absolute Gasteiger partial charge is 0.315 e. The van der Waals surface area contributed by atoms with Crippen LogP contribution in [0.15, 0.2) is 0 Å². The average molecular weight is 245 g/mol. The van der Waals surface area contributed by atoms with E-state index in [1.165, 1.54) is 0 Å². The number of amides is 1. The summed E-state index contributed by atoms with van der Waals surface area (Å²) in [5.74, 6) is -1.83. The molecule has 0 saturated heterocycles. The van der Waals surface area contributed by atoms with Crippen molar-refractivity contribution >= 4 is 17.8 Å². The number of rotatable bonds is 7. The third-order valence-electron chi connectivity index (χ3n) is 1.90. The topological polar surface area (TPSA) is 81.7 Å². The predicted molar refractivity (Wildman–Crippen MR) is 60.1 cm³/mol. The van der Waals surface area contributed by atoms with Gasteiger partial charge in [-0.05, 0) is 13.8 Å². The van der Waals surface area contributed by atoms with E-state index < -0.39 is 17.8 Å². The summed E-state index contributed by atoms with van der Waals surface area (Å²) in [5.41, 5.74) is 0. The van der Waals surface area contributed by atoms with E-state index in [1.54, 1.807) is 20.8 Å². The first-order valence-electron chi connectivity index (χ1n) is 5.60. The number of ether oxygens (including phenoxy) is 2. The molecule has 0 aliphatic carbocycles. The van der Waals surface area contributed by atoms with Crippen molar-refractivity contribution < 1.29 is 23.9 Å². The molecule has 0 heterocycles. The molecule has 0 fully saturated rings. The fourth-order valence-corrected chi connectivity index (χ4v) is 1.04. The molecule has 0 unspecified atom stereocenters. The maximum Gasteiger partial charge on any atom is 0.315 e. The van der Waals surface area contributed by atoms with Crippen LogP contribution in [0.3, 0.4) is 0 Å². The summed E-state index contributed by atoms with van der Waals surface area (Å²) >= 11 is 0. The third-order valence-corrected chi connectivity index (χ3v) is 1.90. The minimum atomic E-state index is -0.575. The molecule has 1 amide bonds. The average Bonchev–Trinajstić information content (AvgIpc) is 2.26. The summed E-state index contributed by atoms with van der Waals surface area (Å²) in [6, 6.07) is 0. The summed E-state index contributed by atoms with van der Waals surface area (Å²) in [6.07, 6.45) is -0.330. The summed E-state index contributed by atoms with van der Waals surface area (Å²) < 4.78 is 9.39. The van der Waals surface area contributed by atoms with Crippen LogP contribution in [-0.4, -0.2) is 37.6 Å². The van der Waals surface area contributed by atoms with Gasteiger partial charge in [-0.25, -0.2) is 0 Å². The summed E-state index contributed by atoms with van der Waals surface area (Å²) in [6.45, 7) is 5.72. The molecule has 0 rings (SSSR count). The Bertz CT molecular complexity index is 277. The van der Waals surface area contributed by atoms with Crippen LogP contribution in [0.4, 0.5) is 0 Å². The Hall–Kier alpha value is -1.59. The number of carbonyl (C=O) groups excluding carboxylic acids is 3.